The third kappa shape index (κ3) is 5.33. The van der Waals surface area contributed by atoms with E-state index >= 15 is 0 Å². The van der Waals surface area contributed by atoms with Crippen LogP contribution in [0.2, 0.25) is 0 Å². The summed E-state index contributed by atoms with van der Waals surface area (Å²) in [5.74, 6) is 0.467. The second-order valence-electron chi connectivity index (χ2n) is 6.68. The summed E-state index contributed by atoms with van der Waals surface area (Å²) < 4.78 is 11.2. The van der Waals surface area contributed by atoms with Crippen LogP contribution < -0.4 is 15.0 Å². The van der Waals surface area contributed by atoms with Gasteiger partial charge in [-0.25, -0.2) is 0 Å². The number of amides is 2. The monoisotopic (exact) mass is 382 g/mol. The first-order valence-electron chi connectivity index (χ1n) is 9.60. The van der Waals surface area contributed by atoms with Crippen molar-refractivity contribution in [2.24, 2.45) is 0 Å². The number of hydrogen-bond donors (Lipinski definition) is 1. The van der Waals surface area contributed by atoms with Crippen LogP contribution in [0.25, 0.3) is 0 Å². The Hall–Kier alpha value is -2.86. The molecule has 0 bridgehead atoms. The Bertz CT molecular complexity index is 794. The van der Waals surface area contributed by atoms with E-state index in [0.717, 1.165) is 17.7 Å². The van der Waals surface area contributed by atoms with E-state index in [0.29, 0.717) is 25.4 Å². The summed E-state index contributed by atoms with van der Waals surface area (Å²) in [7, 11) is 0. The predicted molar refractivity (Wildman–Crippen MR) is 107 cm³/mol. The van der Waals surface area contributed by atoms with Crippen molar-refractivity contribution in [3.05, 3.63) is 60.2 Å². The number of para-hydroxylation sites is 2. The van der Waals surface area contributed by atoms with Crippen molar-refractivity contribution in [1.82, 2.24) is 5.32 Å². The molecule has 1 aliphatic heterocycles. The number of fused-ring (bicyclic) bond motifs is 1. The summed E-state index contributed by atoms with van der Waals surface area (Å²) >= 11 is 0. The van der Waals surface area contributed by atoms with Crippen molar-refractivity contribution in [3.8, 4) is 5.75 Å². The molecule has 0 radical (unpaired) electrons. The van der Waals surface area contributed by atoms with Crippen molar-refractivity contribution in [2.75, 3.05) is 31.2 Å². The van der Waals surface area contributed by atoms with E-state index in [-0.39, 0.29) is 30.9 Å². The largest absolute Gasteiger partial charge is 0.482 e. The van der Waals surface area contributed by atoms with E-state index in [1.165, 1.54) is 0 Å². The number of nitrogens with one attached hydrogen (secondary N) is 1. The maximum atomic E-state index is 12.1. The molecule has 2 aromatic rings. The number of ether oxygens (including phenoxy) is 2. The fourth-order valence-electron chi connectivity index (χ4n) is 3.08. The highest BCUT2D eigenvalue weighted by atomic mass is 16.5. The Morgan fingerprint density at radius 3 is 2.75 bits per heavy atom. The highest BCUT2D eigenvalue weighted by Gasteiger charge is 2.25. The number of rotatable bonds is 9. The molecule has 0 spiro atoms. The van der Waals surface area contributed by atoms with Gasteiger partial charge in [0.25, 0.3) is 5.91 Å². The Morgan fingerprint density at radius 2 is 1.93 bits per heavy atom. The maximum Gasteiger partial charge on any atom is 0.265 e. The molecule has 0 aliphatic carbocycles. The molecule has 0 saturated heterocycles. The molecule has 1 aliphatic rings. The van der Waals surface area contributed by atoms with Crippen molar-refractivity contribution >= 4 is 17.5 Å². The van der Waals surface area contributed by atoms with Gasteiger partial charge in [0.15, 0.2) is 6.61 Å². The minimum Gasteiger partial charge on any atom is -0.482 e. The van der Waals surface area contributed by atoms with Crippen LogP contribution in [0.4, 0.5) is 5.69 Å². The summed E-state index contributed by atoms with van der Waals surface area (Å²) in [5.41, 5.74) is 1.86. The number of nitrogens with zero attached hydrogens (tertiary/aromatic N) is 1. The quantitative estimate of drug-likeness (QED) is 0.677. The lowest BCUT2D eigenvalue weighted by Crippen LogP contribution is -2.41. The molecule has 148 valence electrons. The Kier molecular flexibility index (Phi) is 7.03. The van der Waals surface area contributed by atoms with Crippen LogP contribution in [0.1, 0.15) is 31.4 Å². The van der Waals surface area contributed by atoms with E-state index in [1.54, 1.807) is 4.90 Å². The van der Waals surface area contributed by atoms with Crippen molar-refractivity contribution < 1.29 is 19.1 Å². The molecular weight excluding hydrogens is 356 g/mol. The first-order chi connectivity index (χ1) is 13.6. The zero-order valence-electron chi connectivity index (χ0n) is 16.1. The number of benzene rings is 2. The molecule has 2 aromatic carbocycles. The van der Waals surface area contributed by atoms with Gasteiger partial charge in [-0.1, -0.05) is 42.5 Å². The number of anilines is 1. The van der Waals surface area contributed by atoms with Gasteiger partial charge in [-0.3, -0.25) is 9.59 Å². The van der Waals surface area contributed by atoms with E-state index < -0.39 is 0 Å². The fourth-order valence-corrected chi connectivity index (χ4v) is 3.08. The highest BCUT2D eigenvalue weighted by Crippen LogP contribution is 2.31. The summed E-state index contributed by atoms with van der Waals surface area (Å²) in [6, 6.07) is 17.4. The minimum absolute atomic E-state index is 0.00949. The topological polar surface area (TPSA) is 67.9 Å². The Balaban J connectivity index is 1.35. The molecule has 1 N–H and O–H groups in total. The SMILES string of the molecule is C[C@H](OCCCNC(=O)CCN1C(=O)COc2ccccc21)c1ccccc1. The highest BCUT2D eigenvalue weighted by molar-refractivity contribution is 5.98. The summed E-state index contributed by atoms with van der Waals surface area (Å²) in [5, 5.41) is 2.89. The van der Waals surface area contributed by atoms with Crippen molar-refractivity contribution in [1.29, 1.82) is 0 Å². The first kappa shape index (κ1) is 19.9. The van der Waals surface area contributed by atoms with Gasteiger partial charge in [0.2, 0.25) is 5.91 Å². The molecule has 28 heavy (non-hydrogen) atoms. The van der Waals surface area contributed by atoms with Crippen LogP contribution >= 0.6 is 0 Å². The molecule has 1 atom stereocenters. The molecule has 0 aromatic heterocycles. The predicted octanol–water partition coefficient (Wildman–Crippen LogP) is 3.09. The van der Waals surface area contributed by atoms with Crippen LogP contribution in [0.15, 0.2) is 54.6 Å². The number of carbonyl (C=O) groups is 2. The van der Waals surface area contributed by atoms with E-state index in [9.17, 15) is 9.59 Å². The molecular formula is C22H26N2O4. The van der Waals surface area contributed by atoms with Gasteiger partial charge in [0.1, 0.15) is 5.75 Å². The van der Waals surface area contributed by atoms with Gasteiger partial charge in [-0.2, -0.15) is 0 Å². The van der Waals surface area contributed by atoms with Gasteiger partial charge in [0.05, 0.1) is 11.8 Å². The van der Waals surface area contributed by atoms with Gasteiger partial charge in [0, 0.05) is 26.1 Å². The lowest BCUT2D eigenvalue weighted by atomic mass is 10.1. The maximum absolute atomic E-state index is 12.1. The number of carbonyl (C=O) groups excluding carboxylic acids is 2. The Morgan fingerprint density at radius 1 is 1.18 bits per heavy atom. The minimum atomic E-state index is -0.130. The lowest BCUT2D eigenvalue weighted by Gasteiger charge is -2.29. The van der Waals surface area contributed by atoms with Crippen LogP contribution in [-0.4, -0.2) is 38.1 Å². The Labute approximate surface area is 165 Å². The lowest BCUT2D eigenvalue weighted by molar-refractivity contribution is -0.122. The summed E-state index contributed by atoms with van der Waals surface area (Å²) in [6.07, 6.45) is 1.02. The third-order valence-electron chi connectivity index (χ3n) is 4.65. The second-order valence-corrected chi connectivity index (χ2v) is 6.68. The van der Waals surface area contributed by atoms with Crippen LogP contribution in [-0.2, 0) is 14.3 Å². The van der Waals surface area contributed by atoms with Gasteiger partial charge in [-0.15, -0.1) is 0 Å². The van der Waals surface area contributed by atoms with Crippen LogP contribution in [0, 0.1) is 0 Å². The molecule has 6 heteroatoms. The van der Waals surface area contributed by atoms with Crippen molar-refractivity contribution in [2.45, 2.75) is 25.9 Å². The fraction of sp³-hybridized carbons (Fsp3) is 0.364. The van der Waals surface area contributed by atoms with Gasteiger partial charge >= 0.3 is 0 Å². The van der Waals surface area contributed by atoms with Gasteiger partial charge < -0.3 is 19.7 Å². The zero-order valence-corrected chi connectivity index (χ0v) is 16.1. The molecule has 1 heterocycles. The van der Waals surface area contributed by atoms with Crippen molar-refractivity contribution in [3.63, 3.8) is 0 Å². The third-order valence-corrected chi connectivity index (χ3v) is 4.65. The average Bonchev–Trinajstić information content (AvgIpc) is 2.73. The standard InChI is InChI=1S/C22H26N2O4/c1-17(18-8-3-2-4-9-18)27-15-7-13-23-21(25)12-14-24-19-10-5-6-11-20(19)28-16-22(24)26/h2-6,8-11,17H,7,12-16H2,1H3,(H,23,25)/t17-/m0/s1. The van der Waals surface area contributed by atoms with Gasteiger partial charge in [-0.05, 0) is 31.0 Å². The van der Waals surface area contributed by atoms with E-state index in [1.807, 2.05) is 61.5 Å². The number of hydrogen-bond acceptors (Lipinski definition) is 4. The van der Waals surface area contributed by atoms with E-state index in [4.69, 9.17) is 9.47 Å². The second kappa shape index (κ2) is 9.90. The smallest absolute Gasteiger partial charge is 0.265 e. The van der Waals surface area contributed by atoms with Crippen LogP contribution in [0.5, 0.6) is 5.75 Å². The molecule has 0 unspecified atom stereocenters. The molecule has 0 fully saturated rings. The normalized spacial score (nSPS) is 14.2. The molecule has 6 nitrogen and oxygen atoms in total. The summed E-state index contributed by atoms with van der Waals surface area (Å²) in [4.78, 5) is 25.8. The molecule has 3 rings (SSSR count). The summed E-state index contributed by atoms with van der Waals surface area (Å²) in [6.45, 7) is 3.49. The average molecular weight is 382 g/mol. The first-order valence-corrected chi connectivity index (χ1v) is 9.60. The molecule has 2 amide bonds. The van der Waals surface area contributed by atoms with Crippen LogP contribution in [0.3, 0.4) is 0 Å². The zero-order chi connectivity index (χ0) is 19.8. The molecule has 0 saturated carbocycles. The van der Waals surface area contributed by atoms with E-state index in [2.05, 4.69) is 5.32 Å².